The zero-order valence-electron chi connectivity index (χ0n) is 14.8. The van der Waals surface area contributed by atoms with E-state index in [1.165, 1.54) is 10.2 Å². The maximum Gasteiger partial charge on any atom is 0.350 e. The molecule has 0 radical (unpaired) electrons. The molecule has 4 rings (SSSR count). The minimum atomic E-state index is -0.184. The van der Waals surface area contributed by atoms with Crippen LogP contribution in [0.3, 0.4) is 0 Å². The molecular formula is C20H18N4O2S. The van der Waals surface area contributed by atoms with Crippen LogP contribution in [0, 0.1) is 0 Å². The Morgan fingerprint density at radius 1 is 1.07 bits per heavy atom. The van der Waals surface area contributed by atoms with E-state index in [4.69, 9.17) is 4.74 Å². The number of ether oxygens (including phenoxy) is 1. The van der Waals surface area contributed by atoms with Crippen molar-refractivity contribution < 1.29 is 4.74 Å². The predicted molar refractivity (Wildman–Crippen MR) is 105 cm³/mol. The zero-order chi connectivity index (χ0) is 18.6. The molecule has 0 aliphatic rings. The van der Waals surface area contributed by atoms with Crippen LogP contribution in [0.1, 0.15) is 11.1 Å². The minimum absolute atomic E-state index is 0.184. The Morgan fingerprint density at radius 3 is 2.70 bits per heavy atom. The fraction of sp³-hybridized carbons (Fsp3) is 0.150. The van der Waals surface area contributed by atoms with Crippen LogP contribution >= 0.6 is 11.8 Å². The van der Waals surface area contributed by atoms with Crippen LogP contribution in [-0.2, 0) is 12.3 Å². The maximum atomic E-state index is 12.7. The molecule has 6 nitrogen and oxygen atoms in total. The molecule has 2 heterocycles. The van der Waals surface area contributed by atoms with Crippen molar-refractivity contribution in [2.75, 3.05) is 7.11 Å². The van der Waals surface area contributed by atoms with Gasteiger partial charge in [-0.05, 0) is 23.3 Å². The first-order valence-electron chi connectivity index (χ1n) is 8.48. The average Bonchev–Trinajstić information content (AvgIpc) is 3.03. The van der Waals surface area contributed by atoms with Gasteiger partial charge in [0.2, 0.25) is 0 Å². The van der Waals surface area contributed by atoms with Gasteiger partial charge in [-0.2, -0.15) is 0 Å². The third-order valence-electron chi connectivity index (χ3n) is 4.15. The molecule has 2 aromatic carbocycles. The summed E-state index contributed by atoms with van der Waals surface area (Å²) < 4.78 is 8.25. The Morgan fingerprint density at radius 2 is 1.89 bits per heavy atom. The predicted octanol–water partition coefficient (Wildman–Crippen LogP) is 3.24. The number of methoxy groups -OCH3 is 1. The van der Waals surface area contributed by atoms with Gasteiger partial charge in [0, 0.05) is 18.1 Å². The van der Waals surface area contributed by atoms with Crippen molar-refractivity contribution >= 4 is 17.4 Å². The number of benzene rings is 2. The van der Waals surface area contributed by atoms with Crippen molar-refractivity contribution in [1.82, 2.24) is 19.2 Å². The van der Waals surface area contributed by atoms with Gasteiger partial charge in [0.05, 0.1) is 13.7 Å². The molecule has 0 amide bonds. The Kier molecular flexibility index (Phi) is 4.93. The Bertz CT molecular complexity index is 1120. The topological polar surface area (TPSA) is 61.4 Å². The normalized spacial score (nSPS) is 11.0. The van der Waals surface area contributed by atoms with Crippen molar-refractivity contribution in [1.29, 1.82) is 0 Å². The summed E-state index contributed by atoms with van der Waals surface area (Å²) in [6.45, 7) is 0.376. The monoisotopic (exact) mass is 378 g/mol. The van der Waals surface area contributed by atoms with Gasteiger partial charge in [-0.3, -0.25) is 0 Å². The van der Waals surface area contributed by atoms with Crippen molar-refractivity contribution in [3.8, 4) is 5.75 Å². The lowest BCUT2D eigenvalue weighted by molar-refractivity contribution is 0.414. The molecule has 136 valence electrons. The zero-order valence-corrected chi connectivity index (χ0v) is 15.6. The van der Waals surface area contributed by atoms with E-state index in [1.807, 2.05) is 42.5 Å². The van der Waals surface area contributed by atoms with Crippen LogP contribution in [0.4, 0.5) is 0 Å². The van der Waals surface area contributed by atoms with Crippen molar-refractivity contribution in [2.45, 2.75) is 17.3 Å². The van der Waals surface area contributed by atoms with Crippen LogP contribution in [0.5, 0.6) is 5.75 Å². The summed E-state index contributed by atoms with van der Waals surface area (Å²) in [4.78, 5) is 17.1. The number of hydrogen-bond donors (Lipinski definition) is 0. The molecule has 7 heteroatoms. The molecule has 27 heavy (non-hydrogen) atoms. The molecule has 0 saturated heterocycles. The number of rotatable bonds is 6. The standard InChI is InChI=1S/C20H18N4O2S/c1-26-17-9-5-8-16(12-17)13-24-20(25)23-11-10-21-19(18(23)22-24)27-14-15-6-3-2-4-7-15/h2-12H,13-14H2,1H3. The van der Waals surface area contributed by atoms with Gasteiger partial charge < -0.3 is 4.74 Å². The van der Waals surface area contributed by atoms with Gasteiger partial charge >= 0.3 is 5.69 Å². The van der Waals surface area contributed by atoms with E-state index in [-0.39, 0.29) is 5.69 Å². The van der Waals surface area contributed by atoms with E-state index in [0.717, 1.165) is 22.1 Å². The Balaban J connectivity index is 1.63. The SMILES string of the molecule is COc1cccc(Cn2nc3c(SCc4ccccc4)nccn3c2=O)c1. The van der Waals surface area contributed by atoms with Crippen molar-refractivity contribution in [3.63, 3.8) is 0 Å². The lowest BCUT2D eigenvalue weighted by Crippen LogP contribution is -2.21. The summed E-state index contributed by atoms with van der Waals surface area (Å²) in [6.07, 6.45) is 3.29. The quantitative estimate of drug-likeness (QED) is 0.482. The lowest BCUT2D eigenvalue weighted by atomic mass is 10.2. The molecule has 0 saturated carbocycles. The number of thioether (sulfide) groups is 1. The van der Waals surface area contributed by atoms with Crippen LogP contribution in [0.2, 0.25) is 0 Å². The highest BCUT2D eigenvalue weighted by Gasteiger charge is 2.13. The molecule has 4 aromatic rings. The van der Waals surface area contributed by atoms with Crippen molar-refractivity contribution in [2.24, 2.45) is 0 Å². The summed E-state index contributed by atoms with van der Waals surface area (Å²) in [5.41, 5.74) is 2.54. The first-order chi connectivity index (χ1) is 13.2. The summed E-state index contributed by atoms with van der Waals surface area (Å²) in [5, 5.41) is 5.26. The highest BCUT2D eigenvalue weighted by Crippen LogP contribution is 2.23. The molecule has 0 N–H and O–H groups in total. The first-order valence-corrected chi connectivity index (χ1v) is 9.47. The highest BCUT2D eigenvalue weighted by molar-refractivity contribution is 7.98. The summed E-state index contributed by atoms with van der Waals surface area (Å²) in [5.74, 6) is 1.52. The summed E-state index contributed by atoms with van der Waals surface area (Å²) >= 11 is 1.57. The second-order valence-corrected chi connectivity index (χ2v) is 6.96. The number of hydrogen-bond acceptors (Lipinski definition) is 5. The van der Waals surface area contributed by atoms with Gasteiger partial charge in [-0.25, -0.2) is 18.9 Å². The van der Waals surface area contributed by atoms with E-state index in [0.29, 0.717) is 12.2 Å². The van der Waals surface area contributed by atoms with E-state index < -0.39 is 0 Å². The van der Waals surface area contributed by atoms with Gasteiger partial charge in [-0.1, -0.05) is 54.2 Å². The van der Waals surface area contributed by atoms with Crippen LogP contribution in [0.25, 0.3) is 5.65 Å². The van der Waals surface area contributed by atoms with Crippen LogP contribution < -0.4 is 10.4 Å². The van der Waals surface area contributed by atoms with Gasteiger partial charge in [0.25, 0.3) is 0 Å². The van der Waals surface area contributed by atoms with Crippen molar-refractivity contribution in [3.05, 3.63) is 88.6 Å². The smallest absolute Gasteiger partial charge is 0.350 e. The fourth-order valence-corrected chi connectivity index (χ4v) is 3.70. The third kappa shape index (κ3) is 3.73. The second-order valence-electron chi connectivity index (χ2n) is 5.99. The van der Waals surface area contributed by atoms with E-state index in [2.05, 4.69) is 22.2 Å². The number of nitrogens with zero attached hydrogens (tertiary/aromatic N) is 4. The summed E-state index contributed by atoms with van der Waals surface area (Å²) in [7, 11) is 1.62. The van der Waals surface area contributed by atoms with Crippen LogP contribution in [-0.4, -0.2) is 26.3 Å². The Hall–Kier alpha value is -3.06. The van der Waals surface area contributed by atoms with E-state index >= 15 is 0 Å². The average molecular weight is 378 g/mol. The molecule has 0 unspecified atom stereocenters. The highest BCUT2D eigenvalue weighted by atomic mass is 32.2. The molecule has 0 atom stereocenters. The molecule has 0 aliphatic heterocycles. The van der Waals surface area contributed by atoms with E-state index in [9.17, 15) is 4.79 Å². The largest absolute Gasteiger partial charge is 0.497 e. The maximum absolute atomic E-state index is 12.7. The van der Waals surface area contributed by atoms with Gasteiger partial charge in [0.15, 0.2) is 5.65 Å². The molecule has 0 fully saturated rings. The fourth-order valence-electron chi connectivity index (χ4n) is 2.80. The molecular weight excluding hydrogens is 360 g/mol. The first kappa shape index (κ1) is 17.4. The Labute approximate surface area is 160 Å². The second kappa shape index (κ2) is 7.67. The summed E-state index contributed by atoms with van der Waals surface area (Å²) in [6, 6.07) is 17.8. The van der Waals surface area contributed by atoms with Crippen LogP contribution in [0.15, 0.2) is 76.8 Å². The molecule has 0 spiro atoms. The third-order valence-corrected chi connectivity index (χ3v) is 5.19. The van der Waals surface area contributed by atoms with Gasteiger partial charge in [0.1, 0.15) is 10.8 Å². The van der Waals surface area contributed by atoms with Gasteiger partial charge in [-0.15, -0.1) is 5.10 Å². The molecule has 2 aromatic heterocycles. The van der Waals surface area contributed by atoms with E-state index in [1.54, 1.807) is 35.7 Å². The number of fused-ring (bicyclic) bond motifs is 1. The number of aromatic nitrogens is 4. The molecule has 0 aliphatic carbocycles. The lowest BCUT2D eigenvalue weighted by Gasteiger charge is -2.03. The molecule has 0 bridgehead atoms. The minimum Gasteiger partial charge on any atom is -0.497 e.